The molecule has 0 radical (unpaired) electrons. The van der Waals surface area contributed by atoms with Gasteiger partial charge in [-0.1, -0.05) is 0 Å². The zero-order valence-corrected chi connectivity index (χ0v) is 9.79. The lowest BCUT2D eigenvalue weighted by molar-refractivity contribution is 0.165. The summed E-state index contributed by atoms with van der Waals surface area (Å²) in [6.45, 7) is 0.331. The summed E-state index contributed by atoms with van der Waals surface area (Å²) in [5.41, 5.74) is 0.969. The van der Waals surface area contributed by atoms with Gasteiger partial charge in [0.1, 0.15) is 5.52 Å². The first kappa shape index (κ1) is 10.7. The summed E-state index contributed by atoms with van der Waals surface area (Å²) < 4.78 is 2.08. The van der Waals surface area contributed by atoms with E-state index in [4.69, 9.17) is 5.11 Å². The number of aliphatic hydroxyl groups is 1. The van der Waals surface area contributed by atoms with Crippen LogP contribution in [-0.4, -0.2) is 26.5 Å². The maximum atomic E-state index is 9.13. The van der Waals surface area contributed by atoms with E-state index in [1.54, 1.807) is 6.20 Å². The molecule has 0 saturated heterocycles. The highest BCUT2D eigenvalue weighted by molar-refractivity contribution is 5.76. The molecule has 0 aliphatic heterocycles. The van der Waals surface area contributed by atoms with Gasteiger partial charge in [0, 0.05) is 24.4 Å². The topological polar surface area (TPSA) is 50.9 Å². The summed E-state index contributed by atoms with van der Waals surface area (Å²) in [5.74, 6) is 0.498. The van der Waals surface area contributed by atoms with Crippen molar-refractivity contribution in [2.24, 2.45) is 5.92 Å². The molecule has 17 heavy (non-hydrogen) atoms. The largest absolute Gasteiger partial charge is 0.396 e. The van der Waals surface area contributed by atoms with Crippen molar-refractivity contribution in [1.82, 2.24) is 14.8 Å². The quantitative estimate of drug-likeness (QED) is 0.861. The third kappa shape index (κ3) is 2.05. The Morgan fingerprint density at radius 3 is 2.82 bits per heavy atom. The van der Waals surface area contributed by atoms with Crippen LogP contribution in [0.25, 0.3) is 10.9 Å². The predicted molar refractivity (Wildman–Crippen MR) is 65.6 cm³/mol. The van der Waals surface area contributed by atoms with E-state index in [2.05, 4.69) is 21.0 Å². The first-order valence-corrected chi connectivity index (χ1v) is 6.26. The molecule has 0 amide bonds. The van der Waals surface area contributed by atoms with Crippen LogP contribution in [-0.2, 0) is 0 Å². The minimum atomic E-state index is 0.331. The van der Waals surface area contributed by atoms with E-state index in [0.717, 1.165) is 36.6 Å². The van der Waals surface area contributed by atoms with Gasteiger partial charge in [0.15, 0.2) is 0 Å². The van der Waals surface area contributed by atoms with Crippen molar-refractivity contribution in [2.45, 2.75) is 31.7 Å². The molecule has 0 unspecified atom stereocenters. The minimum absolute atomic E-state index is 0.331. The SMILES string of the molecule is OCC1CCC(n2cc3ccncc3n2)CC1. The molecule has 0 atom stereocenters. The lowest BCUT2D eigenvalue weighted by atomic mass is 9.87. The predicted octanol–water partition coefficient (Wildman–Crippen LogP) is 2.15. The lowest BCUT2D eigenvalue weighted by Gasteiger charge is -2.27. The van der Waals surface area contributed by atoms with Gasteiger partial charge in [0.05, 0.1) is 12.2 Å². The van der Waals surface area contributed by atoms with Crippen molar-refractivity contribution in [3.8, 4) is 0 Å². The molecule has 1 saturated carbocycles. The first-order chi connectivity index (χ1) is 8.36. The second-order valence-electron chi connectivity index (χ2n) is 4.90. The van der Waals surface area contributed by atoms with Gasteiger partial charge in [0.25, 0.3) is 0 Å². The highest BCUT2D eigenvalue weighted by atomic mass is 16.3. The van der Waals surface area contributed by atoms with Crippen LogP contribution in [0.1, 0.15) is 31.7 Å². The summed E-state index contributed by atoms with van der Waals surface area (Å²) in [4.78, 5) is 4.09. The standard InChI is InChI=1S/C13H17N3O/c17-9-10-1-3-12(4-2-10)16-8-11-5-6-14-7-13(11)15-16/h5-8,10,12,17H,1-4,9H2. The molecule has 1 aliphatic carbocycles. The van der Waals surface area contributed by atoms with Crippen molar-refractivity contribution in [2.75, 3.05) is 6.61 Å². The van der Waals surface area contributed by atoms with Gasteiger partial charge in [-0.3, -0.25) is 9.67 Å². The first-order valence-electron chi connectivity index (χ1n) is 6.26. The van der Waals surface area contributed by atoms with Crippen molar-refractivity contribution in [1.29, 1.82) is 0 Å². The Hall–Kier alpha value is -1.42. The molecule has 4 heteroatoms. The molecular weight excluding hydrogens is 214 g/mol. The van der Waals surface area contributed by atoms with Gasteiger partial charge in [-0.25, -0.2) is 0 Å². The van der Waals surface area contributed by atoms with Crippen LogP contribution >= 0.6 is 0 Å². The summed E-state index contributed by atoms with van der Waals surface area (Å²) in [5, 5.41) is 14.9. The average molecular weight is 231 g/mol. The van der Waals surface area contributed by atoms with Crippen molar-refractivity contribution in [3.63, 3.8) is 0 Å². The fourth-order valence-corrected chi connectivity index (χ4v) is 2.66. The Morgan fingerprint density at radius 1 is 1.29 bits per heavy atom. The smallest absolute Gasteiger partial charge is 0.111 e. The van der Waals surface area contributed by atoms with E-state index in [1.807, 2.05) is 12.3 Å². The lowest BCUT2D eigenvalue weighted by Crippen LogP contribution is -2.20. The van der Waals surface area contributed by atoms with Gasteiger partial charge in [-0.2, -0.15) is 5.10 Å². The van der Waals surface area contributed by atoms with Crippen molar-refractivity contribution < 1.29 is 5.11 Å². The van der Waals surface area contributed by atoms with Gasteiger partial charge in [0.2, 0.25) is 0 Å². The highest BCUT2D eigenvalue weighted by Gasteiger charge is 2.22. The van der Waals surface area contributed by atoms with E-state index < -0.39 is 0 Å². The molecule has 2 heterocycles. The third-order valence-corrected chi connectivity index (χ3v) is 3.78. The Balaban J connectivity index is 1.80. The zero-order chi connectivity index (χ0) is 11.7. The van der Waals surface area contributed by atoms with Crippen LogP contribution in [0.15, 0.2) is 24.7 Å². The monoisotopic (exact) mass is 231 g/mol. The molecule has 2 aromatic rings. The summed E-state index contributed by atoms with van der Waals surface area (Å²) in [6, 6.07) is 2.49. The molecule has 1 aliphatic rings. The van der Waals surface area contributed by atoms with Crippen LogP contribution < -0.4 is 0 Å². The Morgan fingerprint density at radius 2 is 2.12 bits per heavy atom. The van der Waals surface area contributed by atoms with E-state index in [-0.39, 0.29) is 0 Å². The van der Waals surface area contributed by atoms with Crippen LogP contribution in [0.5, 0.6) is 0 Å². The van der Waals surface area contributed by atoms with Crippen molar-refractivity contribution >= 4 is 10.9 Å². The molecule has 1 fully saturated rings. The number of rotatable bonds is 2. The minimum Gasteiger partial charge on any atom is -0.396 e. The molecule has 3 rings (SSSR count). The molecule has 0 bridgehead atoms. The second kappa shape index (κ2) is 4.45. The maximum Gasteiger partial charge on any atom is 0.111 e. The van der Waals surface area contributed by atoms with Crippen LogP contribution in [0.4, 0.5) is 0 Å². The van der Waals surface area contributed by atoms with Crippen LogP contribution in [0.3, 0.4) is 0 Å². The van der Waals surface area contributed by atoms with Crippen LogP contribution in [0, 0.1) is 5.92 Å². The number of fused-ring (bicyclic) bond motifs is 1. The molecule has 0 aromatic carbocycles. The third-order valence-electron chi connectivity index (χ3n) is 3.78. The highest BCUT2D eigenvalue weighted by Crippen LogP contribution is 2.32. The van der Waals surface area contributed by atoms with Gasteiger partial charge in [-0.15, -0.1) is 0 Å². The molecule has 1 N–H and O–H groups in total. The van der Waals surface area contributed by atoms with Crippen LogP contribution in [0.2, 0.25) is 0 Å². The molecule has 90 valence electrons. The van der Waals surface area contributed by atoms with Gasteiger partial charge >= 0.3 is 0 Å². The molecule has 0 spiro atoms. The molecule has 2 aromatic heterocycles. The molecule has 4 nitrogen and oxygen atoms in total. The number of hydrogen-bond acceptors (Lipinski definition) is 3. The zero-order valence-electron chi connectivity index (χ0n) is 9.79. The summed E-state index contributed by atoms with van der Waals surface area (Å²) in [7, 11) is 0. The number of aromatic nitrogens is 3. The van der Waals surface area contributed by atoms with Gasteiger partial charge < -0.3 is 5.11 Å². The van der Waals surface area contributed by atoms with E-state index in [1.165, 1.54) is 0 Å². The van der Waals surface area contributed by atoms with E-state index >= 15 is 0 Å². The second-order valence-corrected chi connectivity index (χ2v) is 4.90. The van der Waals surface area contributed by atoms with Gasteiger partial charge in [-0.05, 0) is 37.7 Å². The Kier molecular flexibility index (Phi) is 2.81. The number of aliphatic hydroxyl groups excluding tert-OH is 1. The number of nitrogens with zero attached hydrogens (tertiary/aromatic N) is 3. The van der Waals surface area contributed by atoms with E-state index in [9.17, 15) is 0 Å². The normalized spacial score (nSPS) is 25.2. The summed E-state index contributed by atoms with van der Waals surface area (Å²) in [6.07, 6.45) is 10.2. The summed E-state index contributed by atoms with van der Waals surface area (Å²) >= 11 is 0. The molecular formula is C13H17N3O. The Bertz CT molecular complexity index is 467. The van der Waals surface area contributed by atoms with E-state index in [0.29, 0.717) is 18.6 Å². The number of pyridine rings is 1. The number of hydrogen-bond donors (Lipinski definition) is 1. The maximum absolute atomic E-state index is 9.13. The Labute approximate surface area is 100 Å². The fourth-order valence-electron chi connectivity index (χ4n) is 2.66. The average Bonchev–Trinajstić information content (AvgIpc) is 2.82. The van der Waals surface area contributed by atoms with Crippen molar-refractivity contribution in [3.05, 3.63) is 24.7 Å². The fraction of sp³-hybridized carbons (Fsp3) is 0.538.